The van der Waals surface area contributed by atoms with E-state index in [2.05, 4.69) is 0 Å². The molecule has 0 aromatic heterocycles. The zero-order valence-corrected chi connectivity index (χ0v) is 10.9. The van der Waals surface area contributed by atoms with Crippen molar-refractivity contribution in [3.63, 3.8) is 0 Å². The van der Waals surface area contributed by atoms with Crippen LogP contribution in [0.2, 0.25) is 0 Å². The lowest BCUT2D eigenvalue weighted by Crippen LogP contribution is -2.14. The smallest absolute Gasteiger partial charge is 0.339 e. The lowest BCUT2D eigenvalue weighted by molar-refractivity contribution is 0.0412. The van der Waals surface area contributed by atoms with Crippen molar-refractivity contribution in [2.24, 2.45) is 0 Å². The van der Waals surface area contributed by atoms with Crippen LogP contribution in [0.25, 0.3) is 0 Å². The maximum atomic E-state index is 11.7. The Morgan fingerprint density at radius 2 is 1.79 bits per heavy atom. The summed E-state index contributed by atoms with van der Waals surface area (Å²) < 4.78 is 10.0. The van der Waals surface area contributed by atoms with Crippen LogP contribution in [0, 0.1) is 0 Å². The number of carboxylic acids is 1. The van der Waals surface area contributed by atoms with Crippen LogP contribution in [0.3, 0.4) is 0 Å². The van der Waals surface area contributed by atoms with E-state index in [0.717, 1.165) is 5.57 Å². The minimum atomic E-state index is -1.16. The fourth-order valence-electron chi connectivity index (χ4n) is 1.33. The van der Waals surface area contributed by atoms with Crippen molar-refractivity contribution in [3.8, 4) is 0 Å². The Kier molecular flexibility index (Phi) is 5.60. The highest BCUT2D eigenvalue weighted by Gasteiger charge is 2.16. The van der Waals surface area contributed by atoms with Gasteiger partial charge in [0, 0.05) is 0 Å². The Morgan fingerprint density at radius 3 is 2.37 bits per heavy atom. The Labute approximate surface area is 111 Å². The molecule has 1 aromatic carbocycles. The summed E-state index contributed by atoms with van der Waals surface area (Å²) >= 11 is 0. The highest BCUT2D eigenvalue weighted by molar-refractivity contribution is 6.02. The maximum Gasteiger partial charge on any atom is 0.339 e. The molecular weight excluding hydrogens is 248 g/mol. The Hall–Kier alpha value is -2.30. The maximum absolute atomic E-state index is 11.7. The van der Waals surface area contributed by atoms with Crippen molar-refractivity contribution in [1.82, 2.24) is 0 Å². The van der Waals surface area contributed by atoms with E-state index in [1.165, 1.54) is 12.1 Å². The number of carboxylic acid groups (broad SMARTS) is 1. The van der Waals surface area contributed by atoms with Crippen LogP contribution < -0.4 is 0 Å². The van der Waals surface area contributed by atoms with Gasteiger partial charge in [-0.3, -0.25) is 0 Å². The Morgan fingerprint density at radius 1 is 1.16 bits per heavy atom. The molecule has 0 saturated carbocycles. The number of carbonyl (C=O) groups is 2. The van der Waals surface area contributed by atoms with Gasteiger partial charge < -0.3 is 14.6 Å². The number of esters is 1. The molecule has 0 bridgehead atoms. The van der Waals surface area contributed by atoms with Crippen molar-refractivity contribution in [3.05, 3.63) is 47.2 Å². The number of hydrogen-bond acceptors (Lipinski definition) is 4. The summed E-state index contributed by atoms with van der Waals surface area (Å²) in [4.78, 5) is 22.6. The van der Waals surface area contributed by atoms with Crippen LogP contribution in [0.1, 0.15) is 34.6 Å². The first kappa shape index (κ1) is 14.8. The zero-order valence-electron chi connectivity index (χ0n) is 10.9. The first-order valence-corrected chi connectivity index (χ1v) is 5.77. The number of benzene rings is 1. The lowest BCUT2D eigenvalue weighted by Gasteiger charge is -2.07. The van der Waals surface area contributed by atoms with Gasteiger partial charge in [-0.05, 0) is 31.6 Å². The second kappa shape index (κ2) is 7.20. The largest absolute Gasteiger partial charge is 0.498 e. The summed E-state index contributed by atoms with van der Waals surface area (Å²) in [6.45, 7) is 4.06. The third-order valence-corrected chi connectivity index (χ3v) is 2.13. The zero-order chi connectivity index (χ0) is 14.3. The molecule has 0 fully saturated rings. The van der Waals surface area contributed by atoms with Crippen LogP contribution in [-0.2, 0) is 9.47 Å². The van der Waals surface area contributed by atoms with Crippen molar-refractivity contribution >= 4 is 11.9 Å². The number of allylic oxidation sites excluding steroid dienone is 1. The van der Waals surface area contributed by atoms with Crippen molar-refractivity contribution in [1.29, 1.82) is 0 Å². The van der Waals surface area contributed by atoms with Gasteiger partial charge in [0.25, 0.3) is 0 Å². The highest BCUT2D eigenvalue weighted by atomic mass is 16.6. The minimum Gasteiger partial charge on any atom is -0.498 e. The van der Waals surface area contributed by atoms with Crippen LogP contribution in [-0.4, -0.2) is 30.3 Å². The molecule has 0 unspecified atom stereocenters. The molecule has 0 atom stereocenters. The van der Waals surface area contributed by atoms with E-state index in [1.54, 1.807) is 18.4 Å². The number of hydrogen-bond donors (Lipinski definition) is 1. The molecule has 1 N–H and O–H groups in total. The highest BCUT2D eigenvalue weighted by Crippen LogP contribution is 2.10. The topological polar surface area (TPSA) is 72.8 Å². The molecule has 1 rings (SSSR count). The molecule has 102 valence electrons. The molecule has 0 aliphatic heterocycles. The van der Waals surface area contributed by atoms with Gasteiger partial charge in [-0.1, -0.05) is 12.1 Å². The number of carbonyl (C=O) groups excluding carboxylic acids is 1. The van der Waals surface area contributed by atoms with E-state index in [9.17, 15) is 9.59 Å². The molecule has 5 nitrogen and oxygen atoms in total. The van der Waals surface area contributed by atoms with E-state index in [1.807, 2.05) is 13.8 Å². The van der Waals surface area contributed by atoms with Gasteiger partial charge in [0.05, 0.1) is 17.4 Å². The van der Waals surface area contributed by atoms with Gasteiger partial charge in [-0.15, -0.1) is 0 Å². The molecule has 0 aliphatic rings. The first-order chi connectivity index (χ1) is 9.02. The molecule has 0 spiro atoms. The third-order valence-electron chi connectivity index (χ3n) is 2.13. The van der Waals surface area contributed by atoms with Crippen molar-refractivity contribution in [2.45, 2.75) is 13.8 Å². The normalized spacial score (nSPS) is 9.58. The van der Waals surface area contributed by atoms with Crippen LogP contribution in [0.15, 0.2) is 36.1 Å². The standard InChI is InChI=1S/C14H16O5/c1-10(2)9-18-7-8-19-14(17)12-6-4-3-5-11(12)13(15)16/h3-6,9H,7-8H2,1-2H3,(H,15,16). The summed E-state index contributed by atoms with van der Waals surface area (Å²) in [6.07, 6.45) is 1.57. The summed E-state index contributed by atoms with van der Waals surface area (Å²) in [6, 6.07) is 5.92. The Balaban J connectivity index is 2.55. The average Bonchev–Trinajstić information content (AvgIpc) is 2.37. The van der Waals surface area contributed by atoms with Crippen LogP contribution in [0.4, 0.5) is 0 Å². The molecule has 0 aliphatic carbocycles. The number of rotatable bonds is 6. The molecule has 5 heteroatoms. The fourth-order valence-corrected chi connectivity index (χ4v) is 1.33. The van der Waals surface area contributed by atoms with E-state index in [4.69, 9.17) is 14.6 Å². The van der Waals surface area contributed by atoms with Gasteiger partial charge in [-0.25, -0.2) is 9.59 Å². The molecule has 0 amide bonds. The molecular formula is C14H16O5. The number of ether oxygens (including phenoxy) is 2. The van der Waals surface area contributed by atoms with E-state index in [-0.39, 0.29) is 24.3 Å². The average molecular weight is 264 g/mol. The van der Waals surface area contributed by atoms with Crippen LogP contribution >= 0.6 is 0 Å². The summed E-state index contributed by atoms with van der Waals surface area (Å²) in [5.74, 6) is -1.83. The van der Waals surface area contributed by atoms with Gasteiger partial charge in [-0.2, -0.15) is 0 Å². The summed E-state index contributed by atoms with van der Waals surface area (Å²) in [5.41, 5.74) is 0.970. The van der Waals surface area contributed by atoms with E-state index < -0.39 is 11.9 Å². The van der Waals surface area contributed by atoms with Crippen molar-refractivity contribution < 1.29 is 24.2 Å². The Bertz CT molecular complexity index is 486. The lowest BCUT2D eigenvalue weighted by atomic mass is 10.1. The minimum absolute atomic E-state index is 0.0391. The van der Waals surface area contributed by atoms with E-state index >= 15 is 0 Å². The predicted octanol–water partition coefficient (Wildman–Crippen LogP) is 2.48. The van der Waals surface area contributed by atoms with Gasteiger partial charge >= 0.3 is 11.9 Å². The molecule has 0 saturated heterocycles. The first-order valence-electron chi connectivity index (χ1n) is 5.77. The van der Waals surface area contributed by atoms with Crippen LogP contribution in [0.5, 0.6) is 0 Å². The second-order valence-corrected chi connectivity index (χ2v) is 4.05. The third kappa shape index (κ3) is 4.83. The van der Waals surface area contributed by atoms with Gasteiger partial charge in [0.15, 0.2) is 0 Å². The molecule has 0 radical (unpaired) electrons. The van der Waals surface area contributed by atoms with Gasteiger partial charge in [0.1, 0.15) is 13.2 Å². The molecule has 1 aromatic rings. The molecule has 19 heavy (non-hydrogen) atoms. The number of aromatic carboxylic acids is 1. The summed E-state index contributed by atoms with van der Waals surface area (Å²) in [5, 5.41) is 8.95. The van der Waals surface area contributed by atoms with Gasteiger partial charge in [0.2, 0.25) is 0 Å². The summed E-state index contributed by atoms with van der Waals surface area (Å²) in [7, 11) is 0. The van der Waals surface area contributed by atoms with Crippen molar-refractivity contribution in [2.75, 3.05) is 13.2 Å². The monoisotopic (exact) mass is 264 g/mol. The fraction of sp³-hybridized carbons (Fsp3) is 0.286. The second-order valence-electron chi connectivity index (χ2n) is 4.05. The molecule has 0 heterocycles. The predicted molar refractivity (Wildman–Crippen MR) is 69.1 cm³/mol. The quantitative estimate of drug-likeness (QED) is 0.485. The van der Waals surface area contributed by atoms with E-state index in [0.29, 0.717) is 0 Å². The SMILES string of the molecule is CC(C)=COCCOC(=O)c1ccccc1C(=O)O.